The van der Waals surface area contributed by atoms with E-state index in [4.69, 9.17) is 4.74 Å². The van der Waals surface area contributed by atoms with Crippen molar-refractivity contribution in [2.24, 2.45) is 5.92 Å². The summed E-state index contributed by atoms with van der Waals surface area (Å²) >= 11 is 3.03. The van der Waals surface area contributed by atoms with Gasteiger partial charge >= 0.3 is 0 Å². The fourth-order valence-electron chi connectivity index (χ4n) is 1.58. The van der Waals surface area contributed by atoms with Crippen LogP contribution in [0.25, 0.3) is 0 Å². The van der Waals surface area contributed by atoms with Crippen LogP contribution in [0.15, 0.2) is 16.6 Å². The number of nitro benzene ring substituents is 1. The molecule has 0 fully saturated rings. The van der Waals surface area contributed by atoms with Gasteiger partial charge in [0.1, 0.15) is 11.5 Å². The van der Waals surface area contributed by atoms with E-state index in [0.717, 1.165) is 6.07 Å². The third-order valence-electron chi connectivity index (χ3n) is 2.73. The molecule has 0 saturated carbocycles. The van der Waals surface area contributed by atoms with Gasteiger partial charge < -0.3 is 10.1 Å². The molecule has 7 heteroatoms. The molecule has 0 heterocycles. The highest BCUT2D eigenvalue weighted by Crippen LogP contribution is 2.31. The third-order valence-corrected chi connectivity index (χ3v) is 3.33. The second-order valence-corrected chi connectivity index (χ2v) is 5.35. The Morgan fingerprint density at radius 2 is 2.16 bits per heavy atom. The minimum Gasteiger partial charge on any atom is -0.383 e. The summed E-state index contributed by atoms with van der Waals surface area (Å²) in [6, 6.07) is 2.18. The van der Waals surface area contributed by atoms with Crippen LogP contribution in [-0.4, -0.2) is 24.7 Å². The Kier molecular flexibility index (Phi) is 5.68. The molecule has 19 heavy (non-hydrogen) atoms. The molecule has 1 aromatic rings. The van der Waals surface area contributed by atoms with Gasteiger partial charge in [-0.15, -0.1) is 0 Å². The van der Waals surface area contributed by atoms with Crippen LogP contribution in [0.5, 0.6) is 0 Å². The molecule has 1 atom stereocenters. The maximum atomic E-state index is 13.4. The molecule has 0 saturated heterocycles. The van der Waals surface area contributed by atoms with E-state index in [0.29, 0.717) is 6.61 Å². The maximum absolute atomic E-state index is 13.4. The first-order chi connectivity index (χ1) is 8.86. The molecule has 1 rings (SSSR count). The summed E-state index contributed by atoms with van der Waals surface area (Å²) < 4.78 is 18.6. The molecule has 5 nitrogen and oxygen atoms in total. The number of anilines is 1. The Balaban J connectivity index is 3.10. The number of rotatable bonds is 6. The first-order valence-electron chi connectivity index (χ1n) is 5.75. The number of halogens is 2. The van der Waals surface area contributed by atoms with E-state index in [-0.39, 0.29) is 27.8 Å². The van der Waals surface area contributed by atoms with Gasteiger partial charge in [0, 0.05) is 7.11 Å². The lowest BCUT2D eigenvalue weighted by atomic mass is 10.0. The molecule has 0 aliphatic rings. The molecule has 0 radical (unpaired) electrons. The van der Waals surface area contributed by atoms with Gasteiger partial charge in [-0.25, -0.2) is 4.39 Å². The van der Waals surface area contributed by atoms with Crippen LogP contribution in [-0.2, 0) is 4.74 Å². The quantitative estimate of drug-likeness (QED) is 0.637. The summed E-state index contributed by atoms with van der Waals surface area (Å²) in [5.41, 5.74) is -0.0171. The van der Waals surface area contributed by atoms with Crippen LogP contribution in [0.3, 0.4) is 0 Å². The summed E-state index contributed by atoms with van der Waals surface area (Å²) in [4.78, 5) is 10.3. The highest BCUT2D eigenvalue weighted by Gasteiger charge is 2.21. The highest BCUT2D eigenvalue weighted by atomic mass is 79.9. The summed E-state index contributed by atoms with van der Waals surface area (Å²) in [5.74, 6) is -0.450. The zero-order chi connectivity index (χ0) is 14.6. The minimum atomic E-state index is -0.662. The van der Waals surface area contributed by atoms with Gasteiger partial charge in [-0.3, -0.25) is 10.1 Å². The zero-order valence-corrected chi connectivity index (χ0v) is 12.5. The Morgan fingerprint density at radius 3 is 2.63 bits per heavy atom. The number of hydrogen-bond acceptors (Lipinski definition) is 4. The third kappa shape index (κ3) is 4.14. The molecule has 106 valence electrons. The Bertz CT molecular complexity index is 469. The molecule has 0 aromatic heterocycles. The fraction of sp³-hybridized carbons (Fsp3) is 0.500. The van der Waals surface area contributed by atoms with Gasteiger partial charge in [0.25, 0.3) is 5.69 Å². The SMILES string of the molecule is COCC(Nc1cc(Br)c(F)cc1[N+](=O)[O-])C(C)C. The van der Waals surface area contributed by atoms with Crippen molar-refractivity contribution < 1.29 is 14.1 Å². The van der Waals surface area contributed by atoms with Gasteiger partial charge in [-0.2, -0.15) is 0 Å². The number of hydrogen-bond donors (Lipinski definition) is 1. The fourth-order valence-corrected chi connectivity index (χ4v) is 1.93. The van der Waals surface area contributed by atoms with E-state index in [1.165, 1.54) is 6.07 Å². The smallest absolute Gasteiger partial charge is 0.295 e. The van der Waals surface area contributed by atoms with Crippen LogP contribution < -0.4 is 5.32 Å². The van der Waals surface area contributed by atoms with Crippen molar-refractivity contribution >= 4 is 27.3 Å². The van der Waals surface area contributed by atoms with Gasteiger partial charge in [0.15, 0.2) is 0 Å². The summed E-state index contributed by atoms with van der Waals surface area (Å²) in [5, 5.41) is 14.0. The Hall–Kier alpha value is -1.21. The molecule has 0 amide bonds. The largest absolute Gasteiger partial charge is 0.383 e. The lowest BCUT2D eigenvalue weighted by Gasteiger charge is -2.22. The van der Waals surface area contributed by atoms with Crippen LogP contribution in [0.2, 0.25) is 0 Å². The average molecular weight is 335 g/mol. The molecular formula is C12H16BrFN2O3. The predicted octanol–water partition coefficient (Wildman–Crippen LogP) is 3.58. The van der Waals surface area contributed by atoms with Crippen molar-refractivity contribution in [1.82, 2.24) is 0 Å². The number of ether oxygens (including phenoxy) is 1. The van der Waals surface area contributed by atoms with Crippen molar-refractivity contribution in [1.29, 1.82) is 0 Å². The number of nitrogens with zero attached hydrogens (tertiary/aromatic N) is 1. The second kappa shape index (κ2) is 6.81. The van der Waals surface area contributed by atoms with E-state index in [1.807, 2.05) is 13.8 Å². The van der Waals surface area contributed by atoms with E-state index in [1.54, 1.807) is 7.11 Å². The van der Waals surface area contributed by atoms with Crippen molar-refractivity contribution in [3.8, 4) is 0 Å². The predicted molar refractivity (Wildman–Crippen MR) is 74.9 cm³/mol. The van der Waals surface area contributed by atoms with Crippen LogP contribution in [0.4, 0.5) is 15.8 Å². The summed E-state index contributed by atoms with van der Waals surface area (Å²) in [6.07, 6.45) is 0. The molecular weight excluding hydrogens is 319 g/mol. The topological polar surface area (TPSA) is 64.4 Å². The van der Waals surface area contributed by atoms with Gasteiger partial charge in [-0.05, 0) is 27.9 Å². The standard InChI is InChI=1S/C12H16BrFN2O3/c1-7(2)11(6-19-3)15-10-4-8(13)9(14)5-12(10)16(17)18/h4-5,7,11,15H,6H2,1-3H3. The molecule has 0 spiro atoms. The number of nitrogens with one attached hydrogen (secondary N) is 1. The minimum absolute atomic E-state index is 0.0962. The first kappa shape index (κ1) is 15.8. The average Bonchev–Trinajstić information content (AvgIpc) is 2.32. The molecule has 0 aliphatic carbocycles. The number of methoxy groups -OCH3 is 1. The lowest BCUT2D eigenvalue weighted by molar-refractivity contribution is -0.384. The van der Waals surface area contributed by atoms with Crippen molar-refractivity contribution in [3.63, 3.8) is 0 Å². The van der Waals surface area contributed by atoms with Crippen molar-refractivity contribution in [3.05, 3.63) is 32.5 Å². The monoisotopic (exact) mass is 334 g/mol. The van der Waals surface area contributed by atoms with E-state index < -0.39 is 10.7 Å². The van der Waals surface area contributed by atoms with Gasteiger partial charge in [-0.1, -0.05) is 13.8 Å². The number of nitro groups is 1. The number of benzene rings is 1. The first-order valence-corrected chi connectivity index (χ1v) is 6.55. The summed E-state index contributed by atoms with van der Waals surface area (Å²) in [6.45, 7) is 4.35. The zero-order valence-electron chi connectivity index (χ0n) is 10.9. The van der Waals surface area contributed by atoms with Crippen molar-refractivity contribution in [2.45, 2.75) is 19.9 Å². The van der Waals surface area contributed by atoms with E-state index in [2.05, 4.69) is 21.2 Å². The maximum Gasteiger partial charge on any atom is 0.295 e. The normalized spacial score (nSPS) is 12.5. The summed E-state index contributed by atoms with van der Waals surface area (Å²) in [7, 11) is 1.56. The Morgan fingerprint density at radius 1 is 1.53 bits per heavy atom. The van der Waals surface area contributed by atoms with Crippen LogP contribution >= 0.6 is 15.9 Å². The molecule has 1 unspecified atom stereocenters. The lowest BCUT2D eigenvalue weighted by Crippen LogP contribution is -2.30. The van der Waals surface area contributed by atoms with Crippen molar-refractivity contribution in [2.75, 3.05) is 19.0 Å². The molecule has 1 N–H and O–H groups in total. The van der Waals surface area contributed by atoms with Gasteiger partial charge in [0.2, 0.25) is 0 Å². The molecule has 1 aromatic carbocycles. The van der Waals surface area contributed by atoms with E-state index >= 15 is 0 Å². The van der Waals surface area contributed by atoms with Crippen LogP contribution in [0, 0.1) is 21.8 Å². The second-order valence-electron chi connectivity index (χ2n) is 4.49. The highest BCUT2D eigenvalue weighted by molar-refractivity contribution is 9.10. The Labute approximate surface area is 119 Å². The van der Waals surface area contributed by atoms with Crippen LogP contribution in [0.1, 0.15) is 13.8 Å². The molecule has 0 aliphatic heterocycles. The molecule has 0 bridgehead atoms. The van der Waals surface area contributed by atoms with Gasteiger partial charge in [0.05, 0.1) is 28.1 Å². The van der Waals surface area contributed by atoms with E-state index in [9.17, 15) is 14.5 Å².